The summed E-state index contributed by atoms with van der Waals surface area (Å²) >= 11 is 6.38. The summed E-state index contributed by atoms with van der Waals surface area (Å²) in [5.41, 5.74) is 0. The van der Waals surface area contributed by atoms with Crippen molar-refractivity contribution in [3.63, 3.8) is 0 Å². The maximum absolute atomic E-state index is 10.4. The van der Waals surface area contributed by atoms with E-state index >= 15 is 0 Å². The van der Waals surface area contributed by atoms with Crippen molar-refractivity contribution >= 4 is 17.6 Å². The first-order valence-electron chi connectivity index (χ1n) is 9.45. The van der Waals surface area contributed by atoms with Crippen LogP contribution in [0.5, 0.6) is 0 Å². The van der Waals surface area contributed by atoms with Crippen molar-refractivity contribution in [3.8, 4) is 11.8 Å². The summed E-state index contributed by atoms with van der Waals surface area (Å²) in [6.45, 7) is -0.0942. The summed E-state index contributed by atoms with van der Waals surface area (Å²) in [6, 6.07) is 0. The molecule has 0 aromatic heterocycles. The van der Waals surface area contributed by atoms with Gasteiger partial charge in [0.1, 0.15) is 12.7 Å². The fourth-order valence-corrected chi connectivity index (χ4v) is 4.29. The number of rotatable bonds is 7. The van der Waals surface area contributed by atoms with Crippen molar-refractivity contribution in [2.75, 3.05) is 13.2 Å². The molecule has 0 spiro atoms. The van der Waals surface area contributed by atoms with E-state index in [-0.39, 0.29) is 36.3 Å². The number of halogens is 1. The molecule has 6 heteroatoms. The van der Waals surface area contributed by atoms with Gasteiger partial charge in [0.15, 0.2) is 0 Å². The van der Waals surface area contributed by atoms with E-state index in [1.807, 2.05) is 6.08 Å². The summed E-state index contributed by atoms with van der Waals surface area (Å²) in [5.74, 6) is 5.07. The van der Waals surface area contributed by atoms with Gasteiger partial charge in [-0.2, -0.15) is 0 Å². The Kier molecular flexibility index (Phi) is 8.94. The molecule has 0 heterocycles. The molecule has 2 rings (SSSR count). The Hall–Kier alpha value is -1.06. The minimum atomic E-state index is -0.995. The zero-order valence-electron chi connectivity index (χ0n) is 15.0. The predicted octanol–water partition coefficient (Wildman–Crippen LogP) is 2.58. The second-order valence-corrected chi connectivity index (χ2v) is 7.82. The zero-order valence-corrected chi connectivity index (χ0v) is 15.8. The molecule has 2 aliphatic rings. The van der Waals surface area contributed by atoms with Gasteiger partial charge in [-0.15, -0.1) is 11.6 Å². The van der Waals surface area contributed by atoms with E-state index in [0.717, 1.165) is 25.7 Å². The van der Waals surface area contributed by atoms with Crippen LogP contribution in [0.1, 0.15) is 44.9 Å². The summed E-state index contributed by atoms with van der Waals surface area (Å²) in [7, 11) is 0. The molecule has 0 unspecified atom stereocenters. The fourth-order valence-electron chi connectivity index (χ4n) is 3.84. The van der Waals surface area contributed by atoms with Crippen LogP contribution in [0.25, 0.3) is 0 Å². The van der Waals surface area contributed by atoms with Gasteiger partial charge < -0.3 is 20.1 Å². The van der Waals surface area contributed by atoms with Crippen molar-refractivity contribution in [1.82, 2.24) is 0 Å². The van der Waals surface area contributed by atoms with Crippen LogP contribution in [0.4, 0.5) is 0 Å². The van der Waals surface area contributed by atoms with Crippen LogP contribution in [0.3, 0.4) is 0 Å². The van der Waals surface area contributed by atoms with Crippen LogP contribution < -0.4 is 0 Å². The molecule has 0 saturated heterocycles. The second kappa shape index (κ2) is 10.9. The first-order valence-corrected chi connectivity index (χ1v) is 9.88. The number of aliphatic hydroxyl groups is 2. The topological polar surface area (TPSA) is 87.0 Å². The Balaban J connectivity index is 1.87. The van der Waals surface area contributed by atoms with Gasteiger partial charge in [0.25, 0.3) is 0 Å². The number of carbonyl (C=O) groups is 1. The minimum Gasteiger partial charge on any atom is -0.480 e. The number of carboxylic acids is 1. The quantitative estimate of drug-likeness (QED) is 0.272. The van der Waals surface area contributed by atoms with Crippen LogP contribution in [0.2, 0.25) is 0 Å². The average Bonchev–Trinajstić information content (AvgIpc) is 2.89. The number of carboxylic acid groups (broad SMARTS) is 1. The van der Waals surface area contributed by atoms with Crippen LogP contribution in [-0.4, -0.2) is 52.1 Å². The van der Waals surface area contributed by atoms with E-state index < -0.39 is 18.2 Å². The van der Waals surface area contributed by atoms with Gasteiger partial charge in [0.05, 0.1) is 18.6 Å². The lowest BCUT2D eigenvalue weighted by Gasteiger charge is -2.23. The SMILES string of the molecule is O=C(O)COC/C=C\C[C@@H]1[C@@H](C#C[C@@H](O)C2CCCCC2)[C@H](O)C[C@H]1Cl. The molecule has 3 N–H and O–H groups in total. The number of allylic oxidation sites excluding steroid dienone is 1. The third-order valence-electron chi connectivity index (χ3n) is 5.32. The standard InChI is InChI=1S/C20H29ClO5/c21-17-12-19(23)16(9-10-18(22)14-6-2-1-3-7-14)15(17)8-4-5-11-26-13-20(24)25/h4-5,14-19,22-23H,1-3,6-8,11-13H2,(H,24,25)/b5-4-/t15-,16-,17-,18-,19-/m1/s1. The maximum atomic E-state index is 10.4. The van der Waals surface area contributed by atoms with E-state index in [1.165, 1.54) is 6.42 Å². The van der Waals surface area contributed by atoms with E-state index in [9.17, 15) is 15.0 Å². The molecule has 0 aromatic carbocycles. The molecule has 2 aliphatic carbocycles. The summed E-state index contributed by atoms with van der Waals surface area (Å²) in [5, 5.41) is 28.9. The van der Waals surface area contributed by atoms with E-state index in [0.29, 0.717) is 12.8 Å². The van der Waals surface area contributed by atoms with Gasteiger partial charge in [0.2, 0.25) is 0 Å². The molecule has 0 amide bonds. The van der Waals surface area contributed by atoms with Gasteiger partial charge in [-0.1, -0.05) is 43.3 Å². The monoisotopic (exact) mass is 384 g/mol. The molecule has 5 nitrogen and oxygen atoms in total. The highest BCUT2D eigenvalue weighted by Gasteiger charge is 2.40. The van der Waals surface area contributed by atoms with Crippen LogP contribution in [-0.2, 0) is 9.53 Å². The van der Waals surface area contributed by atoms with Crippen LogP contribution >= 0.6 is 11.6 Å². The molecule has 0 radical (unpaired) electrons. The number of aliphatic hydroxyl groups excluding tert-OH is 2. The van der Waals surface area contributed by atoms with E-state index in [1.54, 1.807) is 6.08 Å². The maximum Gasteiger partial charge on any atom is 0.329 e. The Morgan fingerprint density at radius 1 is 1.27 bits per heavy atom. The first kappa shape index (κ1) is 21.2. The number of hydrogen-bond acceptors (Lipinski definition) is 4. The van der Waals surface area contributed by atoms with Gasteiger partial charge in [-0.25, -0.2) is 4.79 Å². The van der Waals surface area contributed by atoms with Crippen molar-refractivity contribution in [2.45, 2.75) is 62.5 Å². The van der Waals surface area contributed by atoms with Crippen LogP contribution in [0.15, 0.2) is 12.2 Å². The fraction of sp³-hybridized carbons (Fsp3) is 0.750. The molecule has 0 bridgehead atoms. The largest absolute Gasteiger partial charge is 0.480 e. The Morgan fingerprint density at radius 3 is 2.69 bits per heavy atom. The van der Waals surface area contributed by atoms with Gasteiger partial charge in [-0.3, -0.25) is 0 Å². The third-order valence-corrected chi connectivity index (χ3v) is 5.82. The minimum absolute atomic E-state index is 0.00782. The van der Waals surface area contributed by atoms with Gasteiger partial charge in [-0.05, 0) is 37.5 Å². The smallest absolute Gasteiger partial charge is 0.329 e. The number of hydrogen-bond donors (Lipinski definition) is 3. The van der Waals surface area contributed by atoms with Crippen molar-refractivity contribution in [3.05, 3.63) is 12.2 Å². The Morgan fingerprint density at radius 2 is 2.00 bits per heavy atom. The predicted molar refractivity (Wildman–Crippen MR) is 99.8 cm³/mol. The second-order valence-electron chi connectivity index (χ2n) is 7.26. The molecule has 146 valence electrons. The average molecular weight is 385 g/mol. The molecular weight excluding hydrogens is 356 g/mol. The summed E-state index contributed by atoms with van der Waals surface area (Å²) in [6.07, 6.45) is 9.15. The van der Waals surface area contributed by atoms with E-state index in [4.69, 9.17) is 21.4 Å². The molecule has 5 atom stereocenters. The third kappa shape index (κ3) is 6.59. The highest BCUT2D eigenvalue weighted by atomic mass is 35.5. The molecule has 0 aromatic rings. The van der Waals surface area contributed by atoms with Crippen molar-refractivity contribution in [2.24, 2.45) is 17.8 Å². The number of ether oxygens (including phenoxy) is 1. The lowest BCUT2D eigenvalue weighted by atomic mass is 9.85. The molecular formula is C20H29ClO5. The zero-order chi connectivity index (χ0) is 18.9. The lowest BCUT2D eigenvalue weighted by molar-refractivity contribution is -0.141. The molecule has 0 aliphatic heterocycles. The molecule has 2 fully saturated rings. The van der Waals surface area contributed by atoms with Crippen LogP contribution in [0, 0.1) is 29.6 Å². The van der Waals surface area contributed by atoms with Gasteiger partial charge >= 0.3 is 5.97 Å². The first-order chi connectivity index (χ1) is 12.5. The number of aliphatic carboxylic acids is 1. The Bertz CT molecular complexity index is 532. The Labute approximate surface area is 160 Å². The summed E-state index contributed by atoms with van der Waals surface area (Å²) < 4.78 is 4.95. The lowest BCUT2D eigenvalue weighted by Crippen LogP contribution is -2.23. The van der Waals surface area contributed by atoms with Crippen molar-refractivity contribution < 1.29 is 24.9 Å². The van der Waals surface area contributed by atoms with E-state index in [2.05, 4.69) is 11.8 Å². The normalized spacial score (nSPS) is 30.9. The van der Waals surface area contributed by atoms with Gasteiger partial charge in [0, 0.05) is 5.38 Å². The highest BCUT2D eigenvalue weighted by Crippen LogP contribution is 2.38. The summed E-state index contributed by atoms with van der Waals surface area (Å²) in [4.78, 5) is 10.4. The molecule has 2 saturated carbocycles. The number of alkyl halides is 1. The van der Waals surface area contributed by atoms with Crippen molar-refractivity contribution in [1.29, 1.82) is 0 Å². The highest BCUT2D eigenvalue weighted by molar-refractivity contribution is 6.21. The molecule has 26 heavy (non-hydrogen) atoms.